The minimum atomic E-state index is -0.246. The number of benzene rings is 1. The molecule has 2 aromatic heterocycles. The van der Waals surface area contributed by atoms with Crippen LogP contribution in [0.4, 0.5) is 5.82 Å². The van der Waals surface area contributed by atoms with Gasteiger partial charge in [0, 0.05) is 25.5 Å². The summed E-state index contributed by atoms with van der Waals surface area (Å²) < 4.78 is 5.20. The van der Waals surface area contributed by atoms with Crippen LogP contribution in [0.3, 0.4) is 0 Å². The van der Waals surface area contributed by atoms with Crippen LogP contribution in [0.5, 0.6) is 5.75 Å². The third-order valence-corrected chi connectivity index (χ3v) is 3.93. The monoisotopic (exact) mass is 363 g/mol. The molecule has 0 saturated heterocycles. The Bertz CT molecular complexity index is 869. The van der Waals surface area contributed by atoms with Crippen LogP contribution >= 0.6 is 0 Å². The molecule has 0 aliphatic carbocycles. The summed E-state index contributed by atoms with van der Waals surface area (Å²) >= 11 is 0. The van der Waals surface area contributed by atoms with Crippen LogP contribution in [-0.2, 0) is 13.0 Å². The van der Waals surface area contributed by atoms with Crippen molar-refractivity contribution < 1.29 is 9.53 Å². The van der Waals surface area contributed by atoms with Crippen molar-refractivity contribution in [2.24, 2.45) is 0 Å². The highest BCUT2D eigenvalue weighted by atomic mass is 16.5. The van der Waals surface area contributed by atoms with Crippen molar-refractivity contribution in [2.45, 2.75) is 13.0 Å². The number of carbonyl (C=O) groups excluding carboxylic acids is 1. The van der Waals surface area contributed by atoms with E-state index < -0.39 is 0 Å². The summed E-state index contributed by atoms with van der Waals surface area (Å²) in [6.45, 7) is 1.10. The summed E-state index contributed by atoms with van der Waals surface area (Å²) in [6.07, 6.45) is 4.22. The quantitative estimate of drug-likeness (QED) is 0.639. The van der Waals surface area contributed by atoms with Crippen molar-refractivity contribution in [1.29, 1.82) is 0 Å². The zero-order chi connectivity index (χ0) is 18.9. The Kier molecular flexibility index (Phi) is 6.30. The van der Waals surface area contributed by atoms with Gasteiger partial charge in [0.2, 0.25) is 0 Å². The van der Waals surface area contributed by atoms with Gasteiger partial charge >= 0.3 is 0 Å². The van der Waals surface area contributed by atoms with Crippen LogP contribution in [0.15, 0.2) is 60.9 Å². The van der Waals surface area contributed by atoms with Crippen LogP contribution < -0.4 is 15.4 Å². The molecule has 3 aromatic rings. The predicted molar refractivity (Wildman–Crippen MR) is 103 cm³/mol. The van der Waals surface area contributed by atoms with Crippen LogP contribution in [0.25, 0.3) is 0 Å². The van der Waals surface area contributed by atoms with E-state index in [1.807, 2.05) is 36.4 Å². The van der Waals surface area contributed by atoms with Gasteiger partial charge in [-0.2, -0.15) is 0 Å². The maximum absolute atomic E-state index is 12.2. The number of aromatic nitrogens is 3. The van der Waals surface area contributed by atoms with Crippen LogP contribution in [0, 0.1) is 0 Å². The highest BCUT2D eigenvalue weighted by Gasteiger charge is 2.08. The molecule has 1 amide bonds. The van der Waals surface area contributed by atoms with E-state index in [1.54, 1.807) is 31.6 Å². The fourth-order valence-electron chi connectivity index (χ4n) is 2.48. The van der Waals surface area contributed by atoms with Crippen molar-refractivity contribution in [3.8, 4) is 5.75 Å². The molecule has 0 atom stereocenters. The number of ether oxygens (including phenoxy) is 1. The second-order valence-electron chi connectivity index (χ2n) is 5.88. The van der Waals surface area contributed by atoms with Crippen molar-refractivity contribution in [1.82, 2.24) is 20.5 Å². The molecule has 2 N–H and O–H groups in total. The Morgan fingerprint density at radius 2 is 1.96 bits per heavy atom. The van der Waals surface area contributed by atoms with E-state index >= 15 is 0 Å². The van der Waals surface area contributed by atoms with E-state index in [-0.39, 0.29) is 11.6 Å². The Labute approximate surface area is 157 Å². The molecule has 7 nitrogen and oxygen atoms in total. The van der Waals surface area contributed by atoms with E-state index in [1.165, 1.54) is 0 Å². The van der Waals surface area contributed by atoms with E-state index in [4.69, 9.17) is 4.74 Å². The minimum Gasteiger partial charge on any atom is -0.497 e. The molecule has 2 heterocycles. The van der Waals surface area contributed by atoms with Gasteiger partial charge in [0.1, 0.15) is 11.6 Å². The lowest BCUT2D eigenvalue weighted by atomic mass is 10.1. The van der Waals surface area contributed by atoms with Crippen molar-refractivity contribution in [2.75, 3.05) is 19.0 Å². The van der Waals surface area contributed by atoms with Crippen molar-refractivity contribution in [3.05, 3.63) is 77.7 Å². The molecular weight excluding hydrogens is 342 g/mol. The second-order valence-corrected chi connectivity index (χ2v) is 5.88. The summed E-state index contributed by atoms with van der Waals surface area (Å²) in [6, 6.07) is 15.0. The van der Waals surface area contributed by atoms with Crippen molar-refractivity contribution in [3.63, 3.8) is 0 Å². The molecular formula is C20H21N5O2. The number of hydrogen-bond acceptors (Lipinski definition) is 6. The van der Waals surface area contributed by atoms with Gasteiger partial charge in [0.25, 0.3) is 5.91 Å². The molecule has 0 spiro atoms. The molecule has 0 fully saturated rings. The number of carbonyl (C=O) groups is 1. The van der Waals surface area contributed by atoms with Gasteiger partial charge in [0.05, 0.1) is 7.11 Å². The zero-order valence-electron chi connectivity index (χ0n) is 15.1. The Morgan fingerprint density at radius 1 is 1.07 bits per heavy atom. The van der Waals surface area contributed by atoms with E-state index in [9.17, 15) is 4.79 Å². The van der Waals surface area contributed by atoms with Gasteiger partial charge in [0.15, 0.2) is 5.69 Å². The van der Waals surface area contributed by atoms with E-state index in [0.29, 0.717) is 25.3 Å². The Morgan fingerprint density at radius 3 is 2.70 bits per heavy atom. The van der Waals surface area contributed by atoms with Crippen LogP contribution in [0.1, 0.15) is 21.6 Å². The summed E-state index contributed by atoms with van der Waals surface area (Å²) in [5.74, 6) is 1.16. The molecule has 0 saturated carbocycles. The molecule has 3 rings (SSSR count). The Hall–Kier alpha value is -3.48. The average molecular weight is 363 g/mol. The first-order valence-electron chi connectivity index (χ1n) is 8.62. The number of methoxy groups -OCH3 is 1. The summed E-state index contributed by atoms with van der Waals surface area (Å²) in [5.41, 5.74) is 2.42. The van der Waals surface area contributed by atoms with Gasteiger partial charge in [-0.1, -0.05) is 18.2 Å². The molecule has 0 bridgehead atoms. The van der Waals surface area contributed by atoms with Crippen LogP contribution in [-0.4, -0.2) is 34.7 Å². The first-order chi connectivity index (χ1) is 13.2. The summed E-state index contributed by atoms with van der Waals surface area (Å²) in [4.78, 5) is 16.2. The maximum Gasteiger partial charge on any atom is 0.271 e. The van der Waals surface area contributed by atoms with E-state index in [2.05, 4.69) is 25.8 Å². The van der Waals surface area contributed by atoms with Gasteiger partial charge < -0.3 is 15.4 Å². The third kappa shape index (κ3) is 5.50. The van der Waals surface area contributed by atoms with E-state index in [0.717, 1.165) is 16.9 Å². The Balaban J connectivity index is 1.47. The molecule has 0 aliphatic heterocycles. The highest BCUT2D eigenvalue weighted by Crippen LogP contribution is 2.12. The molecule has 0 radical (unpaired) electrons. The number of nitrogens with zero attached hydrogens (tertiary/aromatic N) is 3. The smallest absolute Gasteiger partial charge is 0.271 e. The lowest BCUT2D eigenvalue weighted by Gasteiger charge is -2.07. The minimum absolute atomic E-state index is 0.246. The maximum atomic E-state index is 12.2. The standard InChI is InChI=1S/C20H21N5O2/c1-27-17-6-2-4-15(12-17)9-11-22-20(26)18-7-8-19(25-24-18)23-14-16-5-3-10-21-13-16/h2-8,10,12-13H,9,11,14H2,1H3,(H,22,26)(H,23,25). The molecule has 138 valence electrons. The highest BCUT2D eigenvalue weighted by molar-refractivity contribution is 5.92. The number of nitrogens with one attached hydrogen (secondary N) is 2. The number of rotatable bonds is 8. The largest absolute Gasteiger partial charge is 0.497 e. The topological polar surface area (TPSA) is 89.0 Å². The predicted octanol–water partition coefficient (Wildman–Crippen LogP) is 2.46. The molecule has 0 unspecified atom stereocenters. The number of pyridine rings is 1. The molecule has 7 heteroatoms. The van der Waals surface area contributed by atoms with Gasteiger partial charge in [-0.05, 0) is 47.9 Å². The van der Waals surface area contributed by atoms with Gasteiger partial charge in [-0.3, -0.25) is 9.78 Å². The lowest BCUT2D eigenvalue weighted by Crippen LogP contribution is -2.26. The third-order valence-electron chi connectivity index (χ3n) is 3.93. The normalized spacial score (nSPS) is 10.3. The zero-order valence-corrected chi connectivity index (χ0v) is 15.1. The summed E-state index contributed by atoms with van der Waals surface area (Å²) in [7, 11) is 1.63. The molecule has 1 aromatic carbocycles. The fourth-order valence-corrected chi connectivity index (χ4v) is 2.48. The molecule has 27 heavy (non-hydrogen) atoms. The number of hydrogen-bond donors (Lipinski definition) is 2. The number of anilines is 1. The second kappa shape index (κ2) is 9.28. The van der Waals surface area contributed by atoms with Crippen LogP contribution in [0.2, 0.25) is 0 Å². The number of amides is 1. The van der Waals surface area contributed by atoms with Crippen molar-refractivity contribution >= 4 is 11.7 Å². The SMILES string of the molecule is COc1cccc(CCNC(=O)c2ccc(NCc3cccnc3)nn2)c1. The average Bonchev–Trinajstić information content (AvgIpc) is 2.73. The molecule has 0 aliphatic rings. The van der Waals surface area contributed by atoms with Gasteiger partial charge in [-0.25, -0.2) is 0 Å². The fraction of sp³-hybridized carbons (Fsp3) is 0.200. The first kappa shape index (κ1) is 18.3. The lowest BCUT2D eigenvalue weighted by molar-refractivity contribution is 0.0948. The van der Waals surface area contributed by atoms with Gasteiger partial charge in [-0.15, -0.1) is 10.2 Å². The first-order valence-corrected chi connectivity index (χ1v) is 8.62. The summed E-state index contributed by atoms with van der Waals surface area (Å²) in [5, 5.41) is 14.0.